The first-order chi connectivity index (χ1) is 14.1. The van der Waals surface area contributed by atoms with Crippen molar-refractivity contribution in [1.29, 1.82) is 5.26 Å². The van der Waals surface area contributed by atoms with Crippen LogP contribution in [-0.4, -0.2) is 20.1 Å². The standard InChI is InChI=1S/C23H22N2O3S/c1-4-17(15-8-6-5-7-9-15)22(26)25-23-18(13-24)19(14-29-23)16-10-11-20(27-2)21(12-16)28-3/h5-12,14,17H,4H2,1-3H3,(H,25,26)/t17-/m1/s1. The van der Waals surface area contributed by atoms with Gasteiger partial charge in [-0.2, -0.15) is 5.26 Å². The number of nitrogens with zero attached hydrogens (tertiary/aromatic N) is 1. The molecule has 3 aromatic rings. The summed E-state index contributed by atoms with van der Waals surface area (Å²) in [6, 6.07) is 17.4. The molecule has 29 heavy (non-hydrogen) atoms. The van der Waals surface area contributed by atoms with Crippen LogP contribution in [-0.2, 0) is 4.79 Å². The van der Waals surface area contributed by atoms with Gasteiger partial charge in [0.05, 0.1) is 25.7 Å². The number of carbonyl (C=O) groups excluding carboxylic acids is 1. The smallest absolute Gasteiger partial charge is 0.232 e. The molecule has 1 N–H and O–H groups in total. The highest BCUT2D eigenvalue weighted by Crippen LogP contribution is 2.39. The van der Waals surface area contributed by atoms with Crippen molar-refractivity contribution in [2.45, 2.75) is 19.3 Å². The van der Waals surface area contributed by atoms with E-state index in [0.29, 0.717) is 28.5 Å². The quantitative estimate of drug-likeness (QED) is 0.567. The highest BCUT2D eigenvalue weighted by atomic mass is 32.1. The van der Waals surface area contributed by atoms with Crippen LogP contribution in [0, 0.1) is 11.3 Å². The highest BCUT2D eigenvalue weighted by Gasteiger charge is 2.22. The molecule has 0 aliphatic rings. The van der Waals surface area contributed by atoms with Crippen molar-refractivity contribution in [1.82, 2.24) is 0 Å². The molecule has 1 amide bonds. The monoisotopic (exact) mass is 406 g/mol. The molecule has 0 fully saturated rings. The Bertz CT molecular complexity index is 1040. The maximum absolute atomic E-state index is 12.9. The van der Waals surface area contributed by atoms with Gasteiger partial charge in [-0.3, -0.25) is 4.79 Å². The van der Waals surface area contributed by atoms with Crippen LogP contribution in [0.5, 0.6) is 11.5 Å². The first kappa shape index (κ1) is 20.4. The topological polar surface area (TPSA) is 71.3 Å². The minimum atomic E-state index is -0.269. The molecule has 0 bridgehead atoms. The van der Waals surface area contributed by atoms with Crippen LogP contribution < -0.4 is 14.8 Å². The molecule has 0 radical (unpaired) electrons. The van der Waals surface area contributed by atoms with Crippen LogP contribution in [0.3, 0.4) is 0 Å². The third-order valence-electron chi connectivity index (χ3n) is 4.76. The summed E-state index contributed by atoms with van der Waals surface area (Å²) >= 11 is 1.34. The van der Waals surface area contributed by atoms with E-state index in [0.717, 1.165) is 16.7 Å². The molecule has 1 aromatic heterocycles. The van der Waals surface area contributed by atoms with E-state index >= 15 is 0 Å². The largest absolute Gasteiger partial charge is 0.493 e. The number of nitriles is 1. The number of nitrogens with one attached hydrogen (secondary N) is 1. The van der Waals surface area contributed by atoms with Crippen molar-refractivity contribution < 1.29 is 14.3 Å². The summed E-state index contributed by atoms with van der Waals surface area (Å²) in [6.07, 6.45) is 0.672. The van der Waals surface area contributed by atoms with E-state index in [2.05, 4.69) is 11.4 Å². The second-order valence-electron chi connectivity index (χ2n) is 6.40. The maximum Gasteiger partial charge on any atom is 0.232 e. The van der Waals surface area contributed by atoms with Crippen molar-refractivity contribution in [2.24, 2.45) is 0 Å². The molecule has 0 unspecified atom stereocenters. The van der Waals surface area contributed by atoms with Crippen LogP contribution in [0.1, 0.15) is 30.4 Å². The van der Waals surface area contributed by atoms with Gasteiger partial charge in [0.2, 0.25) is 5.91 Å². The summed E-state index contributed by atoms with van der Waals surface area (Å²) in [4.78, 5) is 12.9. The molecule has 148 valence electrons. The van der Waals surface area contributed by atoms with E-state index in [1.807, 2.05) is 54.8 Å². The van der Waals surface area contributed by atoms with Gasteiger partial charge in [0.25, 0.3) is 0 Å². The normalized spacial score (nSPS) is 11.4. The number of hydrogen-bond donors (Lipinski definition) is 1. The van der Waals surface area contributed by atoms with Gasteiger partial charge in [0, 0.05) is 10.9 Å². The van der Waals surface area contributed by atoms with Crippen LogP contribution >= 0.6 is 11.3 Å². The number of benzene rings is 2. The van der Waals surface area contributed by atoms with Crippen LogP contribution in [0.15, 0.2) is 53.9 Å². The van der Waals surface area contributed by atoms with Crippen LogP contribution in [0.4, 0.5) is 5.00 Å². The molecule has 0 aliphatic carbocycles. The van der Waals surface area contributed by atoms with Gasteiger partial charge in [-0.1, -0.05) is 43.3 Å². The molecular formula is C23H22N2O3S. The number of carbonyl (C=O) groups is 1. The predicted molar refractivity (Wildman–Crippen MR) is 116 cm³/mol. The Morgan fingerprint density at radius 1 is 1.14 bits per heavy atom. The van der Waals surface area contributed by atoms with E-state index in [4.69, 9.17) is 9.47 Å². The number of hydrogen-bond acceptors (Lipinski definition) is 5. The van der Waals surface area contributed by atoms with Crippen molar-refractivity contribution in [3.63, 3.8) is 0 Å². The number of anilines is 1. The predicted octanol–water partition coefficient (Wildman–Crippen LogP) is 5.44. The second kappa shape index (κ2) is 9.26. The molecule has 0 spiro atoms. The molecule has 0 aliphatic heterocycles. The number of amides is 1. The number of rotatable bonds is 7. The van der Waals surface area contributed by atoms with E-state index in [-0.39, 0.29) is 11.8 Å². The fraction of sp³-hybridized carbons (Fsp3) is 0.217. The Hall–Kier alpha value is -3.30. The Morgan fingerprint density at radius 3 is 2.48 bits per heavy atom. The Morgan fingerprint density at radius 2 is 1.86 bits per heavy atom. The molecular weight excluding hydrogens is 384 g/mol. The molecule has 1 heterocycles. The van der Waals surface area contributed by atoms with Gasteiger partial charge in [0.1, 0.15) is 11.1 Å². The summed E-state index contributed by atoms with van der Waals surface area (Å²) in [5, 5.41) is 15.1. The van der Waals surface area contributed by atoms with E-state index in [9.17, 15) is 10.1 Å². The molecule has 0 saturated carbocycles. The fourth-order valence-corrected chi connectivity index (χ4v) is 4.16. The van der Waals surface area contributed by atoms with Gasteiger partial charge in [-0.25, -0.2) is 0 Å². The lowest BCUT2D eigenvalue weighted by Gasteiger charge is -2.15. The highest BCUT2D eigenvalue weighted by molar-refractivity contribution is 7.15. The molecule has 2 aromatic carbocycles. The van der Waals surface area contributed by atoms with Gasteiger partial charge in [-0.05, 0) is 29.7 Å². The molecule has 5 nitrogen and oxygen atoms in total. The first-order valence-corrected chi connectivity index (χ1v) is 10.1. The summed E-state index contributed by atoms with van der Waals surface area (Å²) in [5.41, 5.74) is 2.98. The van der Waals surface area contributed by atoms with E-state index in [1.54, 1.807) is 20.3 Å². The molecule has 1 atom stereocenters. The van der Waals surface area contributed by atoms with E-state index in [1.165, 1.54) is 11.3 Å². The average Bonchev–Trinajstić information content (AvgIpc) is 3.16. The second-order valence-corrected chi connectivity index (χ2v) is 7.28. The fourth-order valence-electron chi connectivity index (χ4n) is 3.23. The van der Waals surface area contributed by atoms with E-state index < -0.39 is 0 Å². The maximum atomic E-state index is 12.9. The van der Waals surface area contributed by atoms with Crippen molar-refractivity contribution in [2.75, 3.05) is 19.5 Å². The first-order valence-electron chi connectivity index (χ1n) is 9.22. The van der Waals surface area contributed by atoms with Crippen molar-refractivity contribution in [3.8, 4) is 28.7 Å². The number of ether oxygens (including phenoxy) is 2. The third-order valence-corrected chi connectivity index (χ3v) is 5.66. The lowest BCUT2D eigenvalue weighted by Crippen LogP contribution is -2.20. The molecule has 6 heteroatoms. The van der Waals surface area contributed by atoms with Crippen molar-refractivity contribution >= 4 is 22.2 Å². The minimum Gasteiger partial charge on any atom is -0.493 e. The third kappa shape index (κ3) is 4.25. The van der Waals surface area contributed by atoms with Crippen LogP contribution in [0.2, 0.25) is 0 Å². The van der Waals surface area contributed by atoms with Crippen molar-refractivity contribution in [3.05, 3.63) is 65.0 Å². The number of methoxy groups -OCH3 is 2. The van der Waals surface area contributed by atoms with Gasteiger partial charge in [-0.15, -0.1) is 11.3 Å². The zero-order chi connectivity index (χ0) is 20.8. The molecule has 3 rings (SSSR count). The summed E-state index contributed by atoms with van der Waals surface area (Å²) in [7, 11) is 3.15. The minimum absolute atomic E-state index is 0.115. The van der Waals surface area contributed by atoms with Gasteiger partial charge < -0.3 is 14.8 Å². The Labute approximate surface area is 174 Å². The van der Waals surface area contributed by atoms with Crippen LogP contribution in [0.25, 0.3) is 11.1 Å². The zero-order valence-corrected chi connectivity index (χ0v) is 17.4. The Balaban J connectivity index is 1.90. The zero-order valence-electron chi connectivity index (χ0n) is 16.6. The Kier molecular flexibility index (Phi) is 6.53. The summed E-state index contributed by atoms with van der Waals surface area (Å²) < 4.78 is 10.6. The SMILES string of the molecule is CC[C@@H](C(=O)Nc1scc(-c2ccc(OC)c(OC)c2)c1C#N)c1ccccc1. The number of thiophene rings is 1. The summed E-state index contributed by atoms with van der Waals surface area (Å²) in [5.74, 6) is 0.818. The summed E-state index contributed by atoms with van der Waals surface area (Å²) in [6.45, 7) is 1.98. The average molecular weight is 407 g/mol. The van der Waals surface area contributed by atoms with Gasteiger partial charge >= 0.3 is 0 Å². The lowest BCUT2D eigenvalue weighted by molar-refractivity contribution is -0.117. The molecule has 0 saturated heterocycles. The van der Waals surface area contributed by atoms with Gasteiger partial charge in [0.15, 0.2) is 11.5 Å². The lowest BCUT2D eigenvalue weighted by atomic mass is 9.95.